The lowest BCUT2D eigenvalue weighted by Crippen LogP contribution is -2.48. The van der Waals surface area contributed by atoms with Gasteiger partial charge in [0, 0.05) is 38.7 Å². The average Bonchev–Trinajstić information content (AvgIpc) is 3.33. The van der Waals surface area contributed by atoms with Crippen molar-refractivity contribution in [3.05, 3.63) is 35.1 Å². The van der Waals surface area contributed by atoms with Gasteiger partial charge in [0.2, 0.25) is 5.91 Å². The first kappa shape index (κ1) is 24.7. The van der Waals surface area contributed by atoms with Crippen LogP contribution in [-0.4, -0.2) is 76.4 Å². The first-order chi connectivity index (χ1) is 15.7. The molecule has 1 aromatic carbocycles. The summed E-state index contributed by atoms with van der Waals surface area (Å²) in [4.78, 5) is 30.0. The van der Waals surface area contributed by atoms with E-state index in [1.54, 1.807) is 13.0 Å². The van der Waals surface area contributed by atoms with Gasteiger partial charge in [-0.1, -0.05) is 23.7 Å². The molecule has 1 amide bonds. The van der Waals surface area contributed by atoms with Crippen molar-refractivity contribution in [2.75, 3.05) is 42.6 Å². The molecule has 1 unspecified atom stereocenters. The SMILES string of the molecule is CC(=O)N1CCN(c2nc(C)nc3c2nc(-c2ccccc2Cl)n3C2CCS(=O)(=O)C2)CC1.Cl. The number of fused-ring (bicyclic) bond motifs is 1. The van der Waals surface area contributed by atoms with Crippen molar-refractivity contribution in [2.45, 2.75) is 26.3 Å². The predicted molar refractivity (Wildman–Crippen MR) is 135 cm³/mol. The smallest absolute Gasteiger partial charge is 0.219 e. The molecule has 2 aliphatic heterocycles. The van der Waals surface area contributed by atoms with Crippen molar-refractivity contribution in [3.8, 4) is 11.4 Å². The van der Waals surface area contributed by atoms with Crippen LogP contribution in [0.1, 0.15) is 25.2 Å². The fraction of sp³-hybridized carbons (Fsp3) is 0.455. The van der Waals surface area contributed by atoms with Crippen LogP contribution in [0.3, 0.4) is 0 Å². The van der Waals surface area contributed by atoms with Gasteiger partial charge in [0.05, 0.1) is 22.6 Å². The monoisotopic (exact) mass is 524 g/mol. The Morgan fingerprint density at radius 2 is 1.79 bits per heavy atom. The fourth-order valence-corrected chi connectivity index (χ4v) is 6.60. The van der Waals surface area contributed by atoms with Crippen molar-refractivity contribution in [2.24, 2.45) is 0 Å². The number of carbonyl (C=O) groups excluding carboxylic acids is 1. The van der Waals surface area contributed by atoms with Crippen LogP contribution in [-0.2, 0) is 14.6 Å². The van der Waals surface area contributed by atoms with Gasteiger partial charge in [0.25, 0.3) is 0 Å². The highest BCUT2D eigenvalue weighted by molar-refractivity contribution is 7.91. The van der Waals surface area contributed by atoms with Gasteiger partial charge in [-0.05, 0) is 25.5 Å². The first-order valence-electron chi connectivity index (χ1n) is 11.0. The second-order valence-electron chi connectivity index (χ2n) is 8.60. The number of sulfone groups is 1. The maximum absolute atomic E-state index is 12.3. The number of aromatic nitrogens is 4. The van der Waals surface area contributed by atoms with Crippen LogP contribution >= 0.6 is 24.0 Å². The van der Waals surface area contributed by atoms with Gasteiger partial charge in [-0.15, -0.1) is 12.4 Å². The quantitative estimate of drug-likeness (QED) is 0.518. The average molecular weight is 525 g/mol. The van der Waals surface area contributed by atoms with E-state index in [-0.39, 0.29) is 35.9 Å². The Balaban J connectivity index is 0.00000274. The number of hydrogen-bond donors (Lipinski definition) is 0. The highest BCUT2D eigenvalue weighted by Gasteiger charge is 2.34. The standard InChI is InChI=1S/C22H25ClN6O3S.ClH/c1-14-24-21(28-10-8-27(9-11-28)15(2)30)19-22(25-14)29(16-7-12-33(31,32)13-16)20(26-19)17-5-3-4-6-18(17)23;/h3-6,16H,7-13H2,1-2H3;1H. The van der Waals surface area contributed by atoms with Gasteiger partial charge < -0.3 is 14.4 Å². The Labute approximate surface area is 209 Å². The summed E-state index contributed by atoms with van der Waals surface area (Å²) in [5.74, 6) is 2.13. The Kier molecular flexibility index (Phi) is 6.76. The Morgan fingerprint density at radius 1 is 1.09 bits per heavy atom. The molecule has 4 heterocycles. The second-order valence-corrected chi connectivity index (χ2v) is 11.2. The molecule has 9 nitrogen and oxygen atoms in total. The molecule has 3 aromatic rings. The van der Waals surface area contributed by atoms with Gasteiger partial charge in [-0.3, -0.25) is 4.79 Å². The minimum atomic E-state index is -3.13. The summed E-state index contributed by atoms with van der Waals surface area (Å²) in [7, 11) is -3.13. The molecule has 0 radical (unpaired) electrons. The van der Waals surface area contributed by atoms with Gasteiger partial charge in [0.15, 0.2) is 26.8 Å². The molecule has 0 saturated carbocycles. The number of anilines is 1. The van der Waals surface area contributed by atoms with Crippen molar-refractivity contribution in [1.29, 1.82) is 0 Å². The maximum atomic E-state index is 12.3. The Hall–Kier alpha value is -2.43. The molecule has 2 aromatic heterocycles. The molecule has 2 fully saturated rings. The van der Waals surface area contributed by atoms with Crippen LogP contribution in [0.4, 0.5) is 5.82 Å². The van der Waals surface area contributed by atoms with Crippen LogP contribution in [0.5, 0.6) is 0 Å². The van der Waals surface area contributed by atoms with Crippen LogP contribution < -0.4 is 4.90 Å². The van der Waals surface area contributed by atoms with Crippen LogP contribution in [0, 0.1) is 6.92 Å². The number of amides is 1. The van der Waals surface area contributed by atoms with Crippen LogP contribution in [0.2, 0.25) is 5.02 Å². The van der Waals surface area contributed by atoms with Gasteiger partial charge in [-0.25, -0.2) is 23.4 Å². The number of benzene rings is 1. The minimum absolute atomic E-state index is 0. The lowest BCUT2D eigenvalue weighted by atomic mass is 10.2. The van der Waals surface area contributed by atoms with Crippen molar-refractivity contribution >= 4 is 56.7 Å². The van der Waals surface area contributed by atoms with Gasteiger partial charge in [-0.2, -0.15) is 0 Å². The highest BCUT2D eigenvalue weighted by Crippen LogP contribution is 2.37. The molecule has 0 N–H and O–H groups in total. The normalized spacial score (nSPS) is 19.9. The third-order valence-corrected chi connectivity index (χ3v) is 8.43. The summed E-state index contributed by atoms with van der Waals surface area (Å²) in [5, 5.41) is 0.538. The van der Waals surface area contributed by atoms with E-state index in [0.717, 1.165) is 5.56 Å². The van der Waals surface area contributed by atoms with Crippen LogP contribution in [0.15, 0.2) is 24.3 Å². The third-order valence-electron chi connectivity index (χ3n) is 6.35. The first-order valence-corrected chi connectivity index (χ1v) is 13.2. The zero-order valence-corrected chi connectivity index (χ0v) is 21.3. The van der Waals surface area contributed by atoms with E-state index in [4.69, 9.17) is 26.6 Å². The molecule has 5 rings (SSSR count). The molecule has 2 saturated heterocycles. The third kappa shape index (κ3) is 4.46. The van der Waals surface area contributed by atoms with E-state index < -0.39 is 9.84 Å². The van der Waals surface area contributed by atoms with Crippen LogP contribution in [0.25, 0.3) is 22.6 Å². The van der Waals surface area contributed by atoms with E-state index in [1.165, 1.54) is 0 Å². The largest absolute Gasteiger partial charge is 0.351 e. The lowest BCUT2D eigenvalue weighted by molar-refractivity contribution is -0.129. The Bertz CT molecular complexity index is 1350. The molecule has 182 valence electrons. The number of carbonyl (C=O) groups is 1. The maximum Gasteiger partial charge on any atom is 0.219 e. The number of rotatable bonds is 3. The van der Waals surface area contributed by atoms with E-state index in [9.17, 15) is 13.2 Å². The molecule has 34 heavy (non-hydrogen) atoms. The number of aryl methyl sites for hydroxylation is 1. The number of imidazole rings is 1. The zero-order chi connectivity index (χ0) is 23.3. The van der Waals surface area contributed by atoms with Crippen molar-refractivity contribution in [3.63, 3.8) is 0 Å². The molecular weight excluding hydrogens is 499 g/mol. The van der Waals surface area contributed by atoms with Gasteiger partial charge in [0.1, 0.15) is 11.6 Å². The van der Waals surface area contributed by atoms with E-state index in [0.29, 0.717) is 66.3 Å². The summed E-state index contributed by atoms with van der Waals surface area (Å²) >= 11 is 6.53. The topological polar surface area (TPSA) is 101 Å². The van der Waals surface area contributed by atoms with Crippen molar-refractivity contribution in [1.82, 2.24) is 24.4 Å². The number of piperazine rings is 1. The Morgan fingerprint density at radius 3 is 2.41 bits per heavy atom. The lowest BCUT2D eigenvalue weighted by Gasteiger charge is -2.35. The summed E-state index contributed by atoms with van der Waals surface area (Å²) in [5.41, 5.74) is 1.96. The molecule has 0 bridgehead atoms. The number of nitrogens with zero attached hydrogens (tertiary/aromatic N) is 6. The molecule has 1 atom stereocenters. The van der Waals surface area contributed by atoms with E-state index >= 15 is 0 Å². The molecule has 0 aliphatic carbocycles. The predicted octanol–water partition coefficient (Wildman–Crippen LogP) is 2.91. The fourth-order valence-electron chi connectivity index (χ4n) is 4.68. The number of halogens is 2. The molecular formula is C22H26Cl2N6O3S. The summed E-state index contributed by atoms with van der Waals surface area (Å²) in [6.45, 7) is 5.90. The number of hydrogen-bond acceptors (Lipinski definition) is 7. The summed E-state index contributed by atoms with van der Waals surface area (Å²) in [6.07, 6.45) is 0.501. The highest BCUT2D eigenvalue weighted by atomic mass is 35.5. The molecule has 0 spiro atoms. The zero-order valence-electron chi connectivity index (χ0n) is 18.9. The molecule has 12 heteroatoms. The summed E-state index contributed by atoms with van der Waals surface area (Å²) in [6, 6.07) is 7.14. The summed E-state index contributed by atoms with van der Waals surface area (Å²) < 4.78 is 26.6. The van der Waals surface area contributed by atoms with E-state index in [2.05, 4.69) is 4.90 Å². The van der Waals surface area contributed by atoms with Gasteiger partial charge >= 0.3 is 0 Å². The van der Waals surface area contributed by atoms with Crippen molar-refractivity contribution < 1.29 is 13.2 Å². The van der Waals surface area contributed by atoms with E-state index in [1.807, 2.05) is 34.6 Å². The molecule has 2 aliphatic rings. The minimum Gasteiger partial charge on any atom is -0.351 e. The second kappa shape index (κ2) is 9.31.